The molecule has 1 N–H and O–H groups in total. The zero-order chi connectivity index (χ0) is 16.5. The Morgan fingerprint density at radius 1 is 1.21 bits per heavy atom. The highest BCUT2D eigenvalue weighted by molar-refractivity contribution is 7.18. The summed E-state index contributed by atoms with van der Waals surface area (Å²) in [6.45, 7) is 6.52. The molecule has 1 aliphatic heterocycles. The van der Waals surface area contributed by atoms with Crippen molar-refractivity contribution in [3.63, 3.8) is 0 Å². The summed E-state index contributed by atoms with van der Waals surface area (Å²) in [4.78, 5) is 20.0. The van der Waals surface area contributed by atoms with Crippen LogP contribution >= 0.6 is 22.7 Å². The molecule has 0 spiro atoms. The lowest BCUT2D eigenvalue weighted by Crippen LogP contribution is -2.28. The minimum atomic E-state index is 0.101. The Balaban J connectivity index is 1.37. The molecule has 24 heavy (non-hydrogen) atoms. The number of hydrogen-bond donors (Lipinski definition) is 1. The van der Waals surface area contributed by atoms with Crippen LogP contribution in [0.4, 0.5) is 0 Å². The van der Waals surface area contributed by atoms with Crippen molar-refractivity contribution in [2.24, 2.45) is 0 Å². The summed E-state index contributed by atoms with van der Waals surface area (Å²) in [6, 6.07) is 4.40. The molecule has 0 atom stereocenters. The minimum absolute atomic E-state index is 0.101. The normalized spacial score (nSPS) is 16.9. The number of hydrogen-bond acceptors (Lipinski definition) is 4. The predicted molar refractivity (Wildman–Crippen MR) is 102 cm³/mol. The van der Waals surface area contributed by atoms with Crippen LogP contribution in [0, 0.1) is 6.92 Å². The number of thiophene rings is 2. The van der Waals surface area contributed by atoms with Crippen molar-refractivity contribution in [3.05, 3.63) is 32.3 Å². The lowest BCUT2D eigenvalue weighted by molar-refractivity contribution is 0.0956. The van der Waals surface area contributed by atoms with Gasteiger partial charge in [0, 0.05) is 26.7 Å². The predicted octanol–water partition coefficient (Wildman–Crippen LogP) is 4.10. The maximum Gasteiger partial charge on any atom is 0.261 e. The van der Waals surface area contributed by atoms with E-state index in [9.17, 15) is 4.79 Å². The molecular weight excluding hydrogens is 336 g/mol. The molecule has 0 unspecified atom stereocenters. The minimum Gasteiger partial charge on any atom is -0.351 e. The first kappa shape index (κ1) is 16.3. The van der Waals surface area contributed by atoms with Crippen molar-refractivity contribution in [1.29, 1.82) is 0 Å². The largest absolute Gasteiger partial charge is 0.351 e. The number of rotatable bonds is 5. The number of fused-ring (bicyclic) bond motifs is 3. The van der Waals surface area contributed by atoms with E-state index in [0.29, 0.717) is 0 Å². The third-order valence-corrected chi connectivity index (χ3v) is 7.29. The Morgan fingerprint density at radius 2 is 2.04 bits per heavy atom. The van der Waals surface area contributed by atoms with Crippen molar-refractivity contribution in [3.8, 4) is 10.4 Å². The van der Waals surface area contributed by atoms with E-state index in [2.05, 4.69) is 29.3 Å². The van der Waals surface area contributed by atoms with Crippen LogP contribution in [0.25, 0.3) is 10.4 Å². The first-order valence-electron chi connectivity index (χ1n) is 8.93. The third-order valence-electron chi connectivity index (χ3n) is 4.97. The van der Waals surface area contributed by atoms with Crippen LogP contribution in [0.1, 0.15) is 44.3 Å². The van der Waals surface area contributed by atoms with Gasteiger partial charge >= 0.3 is 0 Å². The van der Waals surface area contributed by atoms with Crippen molar-refractivity contribution < 1.29 is 4.79 Å². The van der Waals surface area contributed by atoms with Crippen molar-refractivity contribution in [2.75, 3.05) is 26.2 Å². The van der Waals surface area contributed by atoms with Crippen LogP contribution in [0.3, 0.4) is 0 Å². The number of aryl methyl sites for hydroxylation is 3. The van der Waals surface area contributed by atoms with Gasteiger partial charge in [-0.1, -0.05) is 0 Å². The van der Waals surface area contributed by atoms with Crippen LogP contribution < -0.4 is 5.32 Å². The number of carbonyl (C=O) groups excluding carboxylic acids is 1. The smallest absolute Gasteiger partial charge is 0.261 e. The molecule has 128 valence electrons. The molecule has 0 radical (unpaired) electrons. The Bertz CT molecular complexity index is 741. The Labute approximate surface area is 151 Å². The van der Waals surface area contributed by atoms with Crippen molar-refractivity contribution in [1.82, 2.24) is 10.2 Å². The maximum atomic E-state index is 12.5. The molecule has 5 heteroatoms. The highest BCUT2D eigenvalue weighted by atomic mass is 32.1. The molecular formula is C19H24N2OS2. The average molecular weight is 361 g/mol. The molecule has 2 aliphatic rings. The quantitative estimate of drug-likeness (QED) is 0.814. The summed E-state index contributed by atoms with van der Waals surface area (Å²) >= 11 is 3.57. The highest BCUT2D eigenvalue weighted by Gasteiger charge is 2.23. The van der Waals surface area contributed by atoms with Gasteiger partial charge in [-0.05, 0) is 76.4 Å². The van der Waals surface area contributed by atoms with Crippen LogP contribution in [0.15, 0.2) is 12.1 Å². The van der Waals surface area contributed by atoms with Crippen LogP contribution in [-0.2, 0) is 12.8 Å². The van der Waals surface area contributed by atoms with Gasteiger partial charge in [-0.25, -0.2) is 0 Å². The lowest BCUT2D eigenvalue weighted by Gasteiger charge is -2.14. The maximum absolute atomic E-state index is 12.5. The number of likely N-dealkylation sites (tertiary alicyclic amines) is 1. The van der Waals surface area contributed by atoms with Gasteiger partial charge in [-0.2, -0.15) is 0 Å². The summed E-state index contributed by atoms with van der Waals surface area (Å²) in [7, 11) is 0. The third kappa shape index (κ3) is 3.30. The van der Waals surface area contributed by atoms with Crippen molar-refractivity contribution in [2.45, 2.75) is 39.0 Å². The second kappa shape index (κ2) is 6.98. The zero-order valence-corrected chi connectivity index (χ0v) is 15.8. The number of amides is 1. The fraction of sp³-hybridized carbons (Fsp3) is 0.526. The molecule has 1 amide bonds. The molecule has 0 aromatic carbocycles. The summed E-state index contributed by atoms with van der Waals surface area (Å²) in [5, 5.41) is 3.11. The molecule has 1 saturated heterocycles. The number of nitrogens with zero attached hydrogens (tertiary/aromatic N) is 1. The first-order valence-corrected chi connectivity index (χ1v) is 10.6. The summed E-state index contributed by atoms with van der Waals surface area (Å²) in [6.07, 6.45) is 5.90. The number of nitrogens with one attached hydrogen (secondary N) is 1. The lowest BCUT2D eigenvalue weighted by atomic mass is 9.98. The number of carbonyl (C=O) groups is 1. The zero-order valence-electron chi connectivity index (χ0n) is 14.2. The molecule has 2 aromatic heterocycles. The fourth-order valence-corrected chi connectivity index (χ4v) is 6.02. The van der Waals surface area contributed by atoms with Crippen LogP contribution in [0.2, 0.25) is 0 Å². The Morgan fingerprint density at radius 3 is 2.88 bits per heavy atom. The second-order valence-corrected chi connectivity index (χ2v) is 9.21. The first-order chi connectivity index (χ1) is 11.7. The molecule has 1 aliphatic carbocycles. The molecule has 4 rings (SSSR count). The standard InChI is InChI=1S/C19H24N2OS2/c1-13-11-15-16(23-13)6-5-14-12-17(24-18(14)15)19(22)20-7-4-10-21-8-2-3-9-21/h11-12H,2-10H2,1H3,(H,20,22). The molecule has 0 bridgehead atoms. The van der Waals surface area contributed by atoms with Crippen molar-refractivity contribution >= 4 is 28.6 Å². The van der Waals surface area contributed by atoms with Crippen LogP contribution in [-0.4, -0.2) is 37.0 Å². The van der Waals surface area contributed by atoms with Gasteiger partial charge in [0.15, 0.2) is 0 Å². The summed E-state index contributed by atoms with van der Waals surface area (Å²) in [5.41, 5.74) is 2.73. The van der Waals surface area contributed by atoms with Gasteiger partial charge in [-0.15, -0.1) is 22.7 Å². The van der Waals surface area contributed by atoms with Gasteiger partial charge in [0.2, 0.25) is 0 Å². The van der Waals surface area contributed by atoms with Gasteiger partial charge in [0.1, 0.15) is 0 Å². The van der Waals surface area contributed by atoms with E-state index >= 15 is 0 Å². The topological polar surface area (TPSA) is 32.3 Å². The Kier molecular flexibility index (Phi) is 4.74. The summed E-state index contributed by atoms with van der Waals surface area (Å²) in [5.74, 6) is 0.101. The van der Waals surface area contributed by atoms with Crippen LogP contribution in [0.5, 0.6) is 0 Å². The van der Waals surface area contributed by atoms with E-state index < -0.39 is 0 Å². The molecule has 0 saturated carbocycles. The average Bonchev–Trinajstić information content (AvgIpc) is 3.28. The SMILES string of the molecule is Cc1cc2c(s1)CCc1cc(C(=O)NCCCN3CCCC3)sc1-2. The summed E-state index contributed by atoms with van der Waals surface area (Å²) < 4.78 is 0. The van der Waals surface area contributed by atoms with E-state index in [-0.39, 0.29) is 5.91 Å². The van der Waals surface area contributed by atoms with E-state index in [1.807, 2.05) is 11.3 Å². The molecule has 3 nitrogen and oxygen atoms in total. The van der Waals surface area contributed by atoms with E-state index in [4.69, 9.17) is 0 Å². The Hall–Kier alpha value is -1.17. The van der Waals surface area contributed by atoms with Gasteiger partial charge in [-0.3, -0.25) is 4.79 Å². The highest BCUT2D eigenvalue weighted by Crippen LogP contribution is 2.43. The van der Waals surface area contributed by atoms with E-state index in [1.165, 1.54) is 51.7 Å². The second-order valence-electron chi connectivity index (χ2n) is 6.82. The monoisotopic (exact) mass is 360 g/mol. The molecule has 1 fully saturated rings. The fourth-order valence-electron chi connectivity index (χ4n) is 3.74. The van der Waals surface area contributed by atoms with Gasteiger partial charge in [0.25, 0.3) is 5.91 Å². The molecule has 2 aromatic rings. The van der Waals surface area contributed by atoms with E-state index in [0.717, 1.165) is 37.2 Å². The van der Waals surface area contributed by atoms with Gasteiger partial charge < -0.3 is 10.2 Å². The van der Waals surface area contributed by atoms with E-state index in [1.54, 1.807) is 11.3 Å². The van der Waals surface area contributed by atoms with Gasteiger partial charge in [0.05, 0.1) is 4.88 Å². The molecule has 3 heterocycles.